The van der Waals surface area contributed by atoms with Gasteiger partial charge in [0.05, 0.1) is 0 Å². The number of hydrogen-bond acceptors (Lipinski definition) is 1. The molecule has 1 saturated carbocycles. The zero-order chi connectivity index (χ0) is 14.0. The van der Waals surface area contributed by atoms with Crippen LogP contribution in [-0.2, 0) is 6.42 Å². The highest BCUT2D eigenvalue weighted by Crippen LogP contribution is 2.34. The van der Waals surface area contributed by atoms with Gasteiger partial charge in [-0.1, -0.05) is 44.5 Å². The van der Waals surface area contributed by atoms with Gasteiger partial charge in [0.1, 0.15) is 0 Å². The molecule has 1 aliphatic rings. The third kappa shape index (κ3) is 3.97. The van der Waals surface area contributed by atoms with E-state index in [1.165, 1.54) is 24.0 Å². The third-order valence-corrected chi connectivity index (χ3v) is 4.92. The Hall–Kier alpha value is -0.530. The Balaban J connectivity index is 2.09. The molecule has 1 aliphatic carbocycles. The van der Waals surface area contributed by atoms with Crippen LogP contribution in [0.1, 0.15) is 44.7 Å². The summed E-state index contributed by atoms with van der Waals surface area (Å²) in [5, 5.41) is 4.60. The maximum Gasteiger partial charge on any atom is 0.0440 e. The molecule has 2 rings (SSSR count). The average molecular weight is 280 g/mol. The fourth-order valence-corrected chi connectivity index (χ4v) is 2.67. The van der Waals surface area contributed by atoms with Gasteiger partial charge >= 0.3 is 0 Å². The van der Waals surface area contributed by atoms with E-state index in [4.69, 9.17) is 11.6 Å². The average Bonchev–Trinajstić information content (AvgIpc) is 3.14. The van der Waals surface area contributed by atoms with Gasteiger partial charge in [0.2, 0.25) is 0 Å². The summed E-state index contributed by atoms with van der Waals surface area (Å²) in [4.78, 5) is 0. The number of benzene rings is 1. The van der Waals surface area contributed by atoms with E-state index in [9.17, 15) is 0 Å². The predicted molar refractivity (Wildman–Crippen MR) is 83.9 cm³/mol. The van der Waals surface area contributed by atoms with E-state index in [-0.39, 0.29) is 5.41 Å². The van der Waals surface area contributed by atoms with Crippen LogP contribution in [0, 0.1) is 18.3 Å². The number of rotatable bonds is 6. The van der Waals surface area contributed by atoms with Crippen molar-refractivity contribution in [2.45, 2.75) is 53.0 Å². The Kier molecular flexibility index (Phi) is 4.58. The van der Waals surface area contributed by atoms with E-state index >= 15 is 0 Å². The molecule has 1 aromatic carbocycles. The maximum absolute atomic E-state index is 6.39. The highest BCUT2D eigenvalue weighted by atomic mass is 35.5. The van der Waals surface area contributed by atoms with Crippen molar-refractivity contribution < 1.29 is 0 Å². The van der Waals surface area contributed by atoms with Gasteiger partial charge in [-0.2, -0.15) is 0 Å². The molecule has 1 fully saturated rings. The lowest BCUT2D eigenvalue weighted by molar-refractivity contribution is 0.206. The quantitative estimate of drug-likeness (QED) is 0.802. The molecule has 0 spiro atoms. The van der Waals surface area contributed by atoms with E-state index in [1.807, 2.05) is 0 Å². The largest absolute Gasteiger partial charge is 0.313 e. The van der Waals surface area contributed by atoms with Crippen LogP contribution in [0.5, 0.6) is 0 Å². The standard InChI is InChI=1S/C17H26ClN/c1-12(2)17(4,11-19-15-7-8-15)10-14-6-5-13(3)9-16(14)18/h5-6,9,12,15,19H,7-8,10-11H2,1-4H3. The number of nitrogens with one attached hydrogen (secondary N) is 1. The van der Waals surface area contributed by atoms with Crippen molar-refractivity contribution >= 4 is 11.6 Å². The lowest BCUT2D eigenvalue weighted by atomic mass is 9.74. The Morgan fingerprint density at radius 3 is 2.58 bits per heavy atom. The predicted octanol–water partition coefficient (Wildman–Crippen LogP) is 4.61. The summed E-state index contributed by atoms with van der Waals surface area (Å²) in [6.07, 6.45) is 3.74. The number of aryl methyl sites for hydroxylation is 1. The second-order valence-electron chi connectivity index (χ2n) is 6.74. The van der Waals surface area contributed by atoms with Crippen LogP contribution >= 0.6 is 11.6 Å². The summed E-state index contributed by atoms with van der Waals surface area (Å²) in [6, 6.07) is 7.20. The van der Waals surface area contributed by atoms with E-state index < -0.39 is 0 Å². The zero-order valence-electron chi connectivity index (χ0n) is 12.6. The molecule has 0 amide bonds. The first-order valence-corrected chi connectivity index (χ1v) is 7.77. The molecule has 1 unspecified atom stereocenters. The van der Waals surface area contributed by atoms with E-state index in [0.29, 0.717) is 5.92 Å². The molecule has 1 N–H and O–H groups in total. The van der Waals surface area contributed by atoms with Gasteiger partial charge in [-0.3, -0.25) is 0 Å². The first kappa shape index (κ1) is 14.9. The summed E-state index contributed by atoms with van der Waals surface area (Å²) in [5.74, 6) is 0.635. The normalized spacial score (nSPS) is 18.6. The summed E-state index contributed by atoms with van der Waals surface area (Å²) in [7, 11) is 0. The third-order valence-electron chi connectivity index (χ3n) is 4.57. The van der Waals surface area contributed by atoms with Crippen LogP contribution < -0.4 is 5.32 Å². The van der Waals surface area contributed by atoms with Gasteiger partial charge in [-0.05, 0) is 54.7 Å². The number of hydrogen-bond donors (Lipinski definition) is 1. The van der Waals surface area contributed by atoms with Gasteiger partial charge in [0.25, 0.3) is 0 Å². The highest BCUT2D eigenvalue weighted by Gasteiger charge is 2.32. The van der Waals surface area contributed by atoms with Crippen LogP contribution in [0.15, 0.2) is 18.2 Å². The molecule has 0 aromatic heterocycles. The van der Waals surface area contributed by atoms with E-state index in [1.54, 1.807) is 0 Å². The molecular weight excluding hydrogens is 254 g/mol. The van der Waals surface area contributed by atoms with Crippen LogP contribution in [0.3, 0.4) is 0 Å². The van der Waals surface area contributed by atoms with Crippen molar-refractivity contribution in [3.8, 4) is 0 Å². The fourth-order valence-electron chi connectivity index (χ4n) is 2.37. The van der Waals surface area contributed by atoms with Crippen LogP contribution in [0.4, 0.5) is 0 Å². The van der Waals surface area contributed by atoms with Gasteiger partial charge in [0.15, 0.2) is 0 Å². The lowest BCUT2D eigenvalue weighted by Gasteiger charge is -2.35. The van der Waals surface area contributed by atoms with Crippen molar-refractivity contribution in [1.29, 1.82) is 0 Å². The van der Waals surface area contributed by atoms with Crippen molar-refractivity contribution in [2.75, 3.05) is 6.54 Å². The fraction of sp³-hybridized carbons (Fsp3) is 0.647. The second kappa shape index (κ2) is 5.85. The van der Waals surface area contributed by atoms with Crippen LogP contribution in [0.2, 0.25) is 5.02 Å². The SMILES string of the molecule is Cc1ccc(CC(C)(CNC2CC2)C(C)C)c(Cl)c1. The van der Waals surface area contributed by atoms with E-state index in [0.717, 1.165) is 24.0 Å². The van der Waals surface area contributed by atoms with Gasteiger partial charge in [0, 0.05) is 17.6 Å². The van der Waals surface area contributed by atoms with Crippen molar-refractivity contribution in [2.24, 2.45) is 11.3 Å². The van der Waals surface area contributed by atoms with Gasteiger partial charge < -0.3 is 5.32 Å². The topological polar surface area (TPSA) is 12.0 Å². The molecule has 0 aliphatic heterocycles. The smallest absolute Gasteiger partial charge is 0.0440 e. The van der Waals surface area contributed by atoms with E-state index in [2.05, 4.69) is 51.2 Å². The summed E-state index contributed by atoms with van der Waals surface area (Å²) < 4.78 is 0. The maximum atomic E-state index is 6.39. The second-order valence-corrected chi connectivity index (χ2v) is 7.14. The lowest BCUT2D eigenvalue weighted by Crippen LogP contribution is -2.38. The van der Waals surface area contributed by atoms with Gasteiger partial charge in [-0.15, -0.1) is 0 Å². The summed E-state index contributed by atoms with van der Waals surface area (Å²) in [6.45, 7) is 10.2. The van der Waals surface area contributed by atoms with Crippen molar-refractivity contribution in [3.05, 3.63) is 34.3 Å². The Morgan fingerprint density at radius 2 is 2.05 bits per heavy atom. The Morgan fingerprint density at radius 1 is 1.37 bits per heavy atom. The van der Waals surface area contributed by atoms with Crippen molar-refractivity contribution in [1.82, 2.24) is 5.32 Å². The monoisotopic (exact) mass is 279 g/mol. The summed E-state index contributed by atoms with van der Waals surface area (Å²) in [5.41, 5.74) is 2.78. The molecule has 0 saturated heterocycles. The molecule has 0 heterocycles. The molecule has 0 bridgehead atoms. The molecule has 1 atom stereocenters. The van der Waals surface area contributed by atoms with Crippen molar-refractivity contribution in [3.63, 3.8) is 0 Å². The van der Waals surface area contributed by atoms with Crippen LogP contribution in [0.25, 0.3) is 0 Å². The molecular formula is C17H26ClN. The molecule has 0 radical (unpaired) electrons. The molecule has 1 nitrogen and oxygen atoms in total. The zero-order valence-corrected chi connectivity index (χ0v) is 13.3. The molecule has 1 aromatic rings. The van der Waals surface area contributed by atoms with Crippen LogP contribution in [-0.4, -0.2) is 12.6 Å². The first-order chi connectivity index (χ1) is 8.90. The molecule has 2 heteroatoms. The number of halogens is 1. The minimum absolute atomic E-state index is 0.265. The highest BCUT2D eigenvalue weighted by molar-refractivity contribution is 6.31. The Bertz CT molecular complexity index is 437. The molecule has 19 heavy (non-hydrogen) atoms. The van der Waals surface area contributed by atoms with Gasteiger partial charge in [-0.25, -0.2) is 0 Å². The molecule has 106 valence electrons. The Labute approximate surface area is 122 Å². The minimum atomic E-state index is 0.265. The minimum Gasteiger partial charge on any atom is -0.313 e. The summed E-state index contributed by atoms with van der Waals surface area (Å²) >= 11 is 6.39. The first-order valence-electron chi connectivity index (χ1n) is 7.39.